The summed E-state index contributed by atoms with van der Waals surface area (Å²) < 4.78 is 5.46. The summed E-state index contributed by atoms with van der Waals surface area (Å²) in [6.07, 6.45) is 0. The molecule has 0 radical (unpaired) electrons. The highest BCUT2D eigenvalue weighted by Crippen LogP contribution is 2.29. The molecule has 0 amide bonds. The molecular weight excluding hydrogens is 224 g/mol. The van der Waals surface area contributed by atoms with E-state index in [2.05, 4.69) is 17.4 Å². The molecule has 0 fully saturated rings. The molecule has 0 spiro atoms. The lowest BCUT2D eigenvalue weighted by Gasteiger charge is -2.13. The monoisotopic (exact) mass is 242 g/mol. The minimum Gasteiger partial charge on any atom is -0.492 e. The summed E-state index contributed by atoms with van der Waals surface area (Å²) in [4.78, 5) is 0. The first kappa shape index (κ1) is 12.3. The summed E-state index contributed by atoms with van der Waals surface area (Å²) in [6, 6.07) is 16.0. The van der Waals surface area contributed by atoms with Gasteiger partial charge in [-0.15, -0.1) is 0 Å². The number of hydrogen-bond donors (Lipinski definition) is 2. The van der Waals surface area contributed by atoms with Crippen LogP contribution in [0, 0.1) is 0 Å². The zero-order chi connectivity index (χ0) is 12.8. The SMILES string of the molecule is CCOc1cccc(NCc2ccccc2)c1N. The molecule has 0 aliphatic heterocycles. The lowest BCUT2D eigenvalue weighted by atomic mass is 10.2. The predicted molar refractivity (Wildman–Crippen MR) is 75.8 cm³/mol. The van der Waals surface area contributed by atoms with Crippen LogP contribution in [0.5, 0.6) is 5.75 Å². The standard InChI is InChI=1S/C15H18N2O/c1-2-18-14-10-6-9-13(15(14)16)17-11-12-7-4-3-5-8-12/h3-10,17H,2,11,16H2,1H3. The first-order valence-electron chi connectivity index (χ1n) is 6.10. The highest BCUT2D eigenvalue weighted by atomic mass is 16.5. The van der Waals surface area contributed by atoms with Crippen molar-refractivity contribution in [2.45, 2.75) is 13.5 Å². The van der Waals surface area contributed by atoms with Crippen molar-refractivity contribution >= 4 is 11.4 Å². The van der Waals surface area contributed by atoms with Crippen LogP contribution in [-0.4, -0.2) is 6.61 Å². The Kier molecular flexibility index (Phi) is 4.07. The molecule has 3 nitrogen and oxygen atoms in total. The summed E-state index contributed by atoms with van der Waals surface area (Å²) in [5, 5.41) is 3.32. The maximum Gasteiger partial charge on any atom is 0.144 e. The fourth-order valence-corrected chi connectivity index (χ4v) is 1.77. The van der Waals surface area contributed by atoms with Gasteiger partial charge in [0, 0.05) is 6.54 Å². The molecule has 2 aromatic rings. The van der Waals surface area contributed by atoms with Gasteiger partial charge in [-0.2, -0.15) is 0 Å². The second-order valence-electron chi connectivity index (χ2n) is 3.99. The average Bonchev–Trinajstić information content (AvgIpc) is 2.41. The van der Waals surface area contributed by atoms with Crippen LogP contribution in [0.25, 0.3) is 0 Å². The number of nitrogens with two attached hydrogens (primary N) is 1. The number of hydrogen-bond acceptors (Lipinski definition) is 3. The molecule has 94 valence electrons. The fraction of sp³-hybridized carbons (Fsp3) is 0.200. The van der Waals surface area contributed by atoms with Gasteiger partial charge in [0.1, 0.15) is 5.75 Å². The van der Waals surface area contributed by atoms with Crippen molar-refractivity contribution in [3.63, 3.8) is 0 Å². The molecule has 0 atom stereocenters. The Balaban J connectivity index is 2.08. The Morgan fingerprint density at radius 3 is 2.56 bits per heavy atom. The number of benzene rings is 2. The lowest BCUT2D eigenvalue weighted by molar-refractivity contribution is 0.342. The van der Waals surface area contributed by atoms with Gasteiger partial charge >= 0.3 is 0 Å². The molecule has 0 bridgehead atoms. The fourth-order valence-electron chi connectivity index (χ4n) is 1.77. The molecule has 0 saturated carbocycles. The van der Waals surface area contributed by atoms with Crippen LogP contribution in [0.3, 0.4) is 0 Å². The second-order valence-corrected chi connectivity index (χ2v) is 3.99. The average molecular weight is 242 g/mol. The third-order valence-electron chi connectivity index (χ3n) is 2.69. The first-order valence-corrected chi connectivity index (χ1v) is 6.10. The Morgan fingerprint density at radius 2 is 1.83 bits per heavy atom. The second kappa shape index (κ2) is 5.96. The van der Waals surface area contributed by atoms with E-state index in [9.17, 15) is 0 Å². The molecule has 0 aliphatic carbocycles. The van der Waals surface area contributed by atoms with E-state index >= 15 is 0 Å². The van der Waals surface area contributed by atoms with Crippen LogP contribution in [0.2, 0.25) is 0 Å². The number of nitrogens with one attached hydrogen (secondary N) is 1. The van der Waals surface area contributed by atoms with Crippen molar-refractivity contribution in [3.8, 4) is 5.75 Å². The molecular formula is C15H18N2O. The van der Waals surface area contributed by atoms with Crippen LogP contribution in [0.15, 0.2) is 48.5 Å². The van der Waals surface area contributed by atoms with E-state index in [1.54, 1.807) is 0 Å². The molecule has 3 N–H and O–H groups in total. The molecule has 0 aliphatic rings. The highest BCUT2D eigenvalue weighted by molar-refractivity contribution is 5.72. The molecule has 0 aromatic heterocycles. The van der Waals surface area contributed by atoms with Gasteiger partial charge in [0.15, 0.2) is 0 Å². The normalized spacial score (nSPS) is 10.1. The zero-order valence-corrected chi connectivity index (χ0v) is 10.5. The molecule has 0 saturated heterocycles. The Bertz CT molecular complexity index is 497. The zero-order valence-electron chi connectivity index (χ0n) is 10.5. The van der Waals surface area contributed by atoms with E-state index in [1.165, 1.54) is 5.56 Å². The Labute approximate surface area is 108 Å². The summed E-state index contributed by atoms with van der Waals surface area (Å²) in [6.45, 7) is 3.32. The number of ether oxygens (including phenoxy) is 1. The van der Waals surface area contributed by atoms with Crippen molar-refractivity contribution in [1.82, 2.24) is 0 Å². The van der Waals surface area contributed by atoms with E-state index in [1.807, 2.05) is 43.3 Å². The van der Waals surface area contributed by atoms with Crippen molar-refractivity contribution < 1.29 is 4.74 Å². The highest BCUT2D eigenvalue weighted by Gasteiger charge is 2.04. The predicted octanol–water partition coefficient (Wildman–Crippen LogP) is 3.28. The minimum atomic E-state index is 0.617. The van der Waals surface area contributed by atoms with E-state index in [4.69, 9.17) is 10.5 Å². The summed E-state index contributed by atoms with van der Waals surface area (Å²) in [5.74, 6) is 0.732. The van der Waals surface area contributed by atoms with Gasteiger partial charge in [-0.3, -0.25) is 0 Å². The van der Waals surface area contributed by atoms with Gasteiger partial charge in [0.25, 0.3) is 0 Å². The van der Waals surface area contributed by atoms with E-state index in [0.717, 1.165) is 18.0 Å². The summed E-state index contributed by atoms with van der Waals surface area (Å²) in [5.41, 5.74) is 8.84. The van der Waals surface area contributed by atoms with Crippen molar-refractivity contribution in [2.75, 3.05) is 17.7 Å². The largest absolute Gasteiger partial charge is 0.492 e. The topological polar surface area (TPSA) is 47.3 Å². The molecule has 2 aromatic carbocycles. The lowest BCUT2D eigenvalue weighted by Crippen LogP contribution is -2.04. The maximum absolute atomic E-state index is 6.05. The van der Waals surface area contributed by atoms with Gasteiger partial charge in [0.05, 0.1) is 18.0 Å². The van der Waals surface area contributed by atoms with Crippen LogP contribution in [-0.2, 0) is 6.54 Å². The van der Waals surface area contributed by atoms with Crippen LogP contribution >= 0.6 is 0 Å². The molecule has 0 unspecified atom stereocenters. The van der Waals surface area contributed by atoms with E-state index < -0.39 is 0 Å². The molecule has 0 heterocycles. The van der Waals surface area contributed by atoms with Crippen molar-refractivity contribution in [1.29, 1.82) is 0 Å². The third-order valence-corrected chi connectivity index (χ3v) is 2.69. The summed E-state index contributed by atoms with van der Waals surface area (Å²) >= 11 is 0. The van der Waals surface area contributed by atoms with Crippen LogP contribution in [0.1, 0.15) is 12.5 Å². The number of anilines is 2. The van der Waals surface area contributed by atoms with Gasteiger partial charge in [-0.25, -0.2) is 0 Å². The van der Waals surface area contributed by atoms with Crippen molar-refractivity contribution in [2.24, 2.45) is 0 Å². The maximum atomic E-state index is 6.05. The van der Waals surface area contributed by atoms with Gasteiger partial charge in [-0.05, 0) is 24.6 Å². The molecule has 2 rings (SSSR count). The molecule has 18 heavy (non-hydrogen) atoms. The first-order chi connectivity index (χ1) is 8.81. The van der Waals surface area contributed by atoms with E-state index in [-0.39, 0.29) is 0 Å². The summed E-state index contributed by atoms with van der Waals surface area (Å²) in [7, 11) is 0. The number of para-hydroxylation sites is 1. The van der Waals surface area contributed by atoms with E-state index in [0.29, 0.717) is 12.3 Å². The minimum absolute atomic E-state index is 0.617. The van der Waals surface area contributed by atoms with Crippen LogP contribution < -0.4 is 15.8 Å². The number of rotatable bonds is 5. The molecule has 3 heteroatoms. The third kappa shape index (κ3) is 2.94. The Morgan fingerprint density at radius 1 is 1.06 bits per heavy atom. The van der Waals surface area contributed by atoms with Gasteiger partial charge < -0.3 is 15.8 Å². The smallest absolute Gasteiger partial charge is 0.144 e. The van der Waals surface area contributed by atoms with Gasteiger partial charge in [0.2, 0.25) is 0 Å². The Hall–Kier alpha value is -2.16. The van der Waals surface area contributed by atoms with Crippen molar-refractivity contribution in [3.05, 3.63) is 54.1 Å². The van der Waals surface area contributed by atoms with Crippen LogP contribution in [0.4, 0.5) is 11.4 Å². The quantitative estimate of drug-likeness (QED) is 0.791. The number of nitrogen functional groups attached to an aromatic ring is 1. The van der Waals surface area contributed by atoms with Gasteiger partial charge in [-0.1, -0.05) is 36.4 Å².